The second kappa shape index (κ2) is 7.81. The van der Waals surface area contributed by atoms with E-state index in [9.17, 15) is 17.2 Å². The van der Waals surface area contributed by atoms with Gasteiger partial charge in [-0.15, -0.1) is 0 Å². The van der Waals surface area contributed by atoms with Gasteiger partial charge in [-0.3, -0.25) is 4.72 Å². The Bertz CT molecular complexity index is 1260. The highest BCUT2D eigenvalue weighted by molar-refractivity contribution is 7.93. The van der Waals surface area contributed by atoms with Crippen molar-refractivity contribution in [1.29, 1.82) is 5.26 Å². The minimum Gasteiger partial charge on any atom is -0.362 e. The molecule has 1 heterocycles. The van der Waals surface area contributed by atoms with Gasteiger partial charge >= 0.3 is 0 Å². The zero-order valence-electron chi connectivity index (χ0n) is 15.4. The highest BCUT2D eigenvalue weighted by Gasteiger charge is 2.23. The van der Waals surface area contributed by atoms with Crippen LogP contribution in [0.2, 0.25) is 5.02 Å². The van der Waals surface area contributed by atoms with E-state index in [0.717, 1.165) is 12.3 Å². The summed E-state index contributed by atoms with van der Waals surface area (Å²) in [6.07, 6.45) is 0.809. The summed E-state index contributed by atoms with van der Waals surface area (Å²) in [6.45, 7) is 0. The Labute approximate surface area is 171 Å². The second-order valence-corrected chi connectivity index (χ2v) is 8.48. The van der Waals surface area contributed by atoms with Crippen LogP contribution in [0.15, 0.2) is 41.4 Å². The molecule has 3 rings (SSSR count). The average molecular weight is 437 g/mol. The minimum atomic E-state index is -4.31. The van der Waals surface area contributed by atoms with E-state index in [2.05, 4.69) is 9.71 Å². The Kier molecular flexibility index (Phi) is 5.59. The minimum absolute atomic E-state index is 0.162. The molecule has 1 N–H and O–H groups in total. The van der Waals surface area contributed by atoms with E-state index in [1.165, 1.54) is 12.1 Å². The van der Waals surface area contributed by atoms with E-state index >= 15 is 0 Å². The van der Waals surface area contributed by atoms with Gasteiger partial charge in [-0.1, -0.05) is 17.7 Å². The first-order valence-corrected chi connectivity index (χ1v) is 10.1. The van der Waals surface area contributed by atoms with E-state index in [1.807, 2.05) is 0 Å². The summed E-state index contributed by atoms with van der Waals surface area (Å²) in [5.74, 6) is -1.38. The summed E-state index contributed by atoms with van der Waals surface area (Å²) in [7, 11) is -0.813. The molecule has 0 saturated heterocycles. The summed E-state index contributed by atoms with van der Waals surface area (Å²) < 4.78 is 56.2. The lowest BCUT2D eigenvalue weighted by Crippen LogP contribution is -2.17. The number of benzene rings is 2. The van der Waals surface area contributed by atoms with Gasteiger partial charge in [0.25, 0.3) is 10.0 Å². The van der Waals surface area contributed by atoms with Crippen molar-refractivity contribution in [2.45, 2.75) is 11.3 Å². The largest absolute Gasteiger partial charge is 0.362 e. The molecule has 29 heavy (non-hydrogen) atoms. The normalized spacial score (nSPS) is 11.3. The van der Waals surface area contributed by atoms with Crippen LogP contribution in [0, 0.1) is 23.0 Å². The number of rotatable bonds is 5. The molecule has 0 saturated carbocycles. The van der Waals surface area contributed by atoms with Crippen molar-refractivity contribution in [2.24, 2.45) is 0 Å². The zero-order chi connectivity index (χ0) is 21.3. The molecular weight excluding hydrogens is 422 g/mol. The van der Waals surface area contributed by atoms with E-state index in [4.69, 9.17) is 16.9 Å². The Hall–Kier alpha value is -2.96. The molecule has 1 aromatic heterocycles. The fourth-order valence-electron chi connectivity index (χ4n) is 2.83. The number of halogens is 3. The summed E-state index contributed by atoms with van der Waals surface area (Å²) >= 11 is 6.04. The van der Waals surface area contributed by atoms with Gasteiger partial charge < -0.3 is 4.90 Å². The number of fused-ring (bicyclic) bond motifs is 1. The van der Waals surface area contributed by atoms with Crippen LogP contribution < -0.4 is 9.62 Å². The first-order valence-electron chi connectivity index (χ1n) is 8.27. The molecule has 0 aliphatic rings. The van der Waals surface area contributed by atoms with Gasteiger partial charge in [0.1, 0.15) is 22.3 Å². The molecule has 0 amide bonds. The molecule has 0 fully saturated rings. The summed E-state index contributed by atoms with van der Waals surface area (Å²) in [5, 5.41) is 9.85. The highest BCUT2D eigenvalue weighted by atomic mass is 35.5. The van der Waals surface area contributed by atoms with Crippen LogP contribution in [0.3, 0.4) is 0 Å². The third kappa shape index (κ3) is 4.09. The Balaban J connectivity index is 2.12. The van der Waals surface area contributed by atoms with Crippen LogP contribution in [0.1, 0.15) is 5.56 Å². The van der Waals surface area contributed by atoms with E-state index in [-0.39, 0.29) is 16.9 Å². The summed E-state index contributed by atoms with van der Waals surface area (Å²) in [5.41, 5.74) is -0.729. The standard InChI is InChI=1S/C19H15ClF2N4O2S/c1-26(2)19-14-8-12(20)3-4-13(14)18(10-24-19)29(27,28)25-17-9-15(21)11(5-6-23)7-16(17)22/h3-4,7-10,25H,5H2,1-2H3. The van der Waals surface area contributed by atoms with Gasteiger partial charge in [-0.2, -0.15) is 5.26 Å². The number of anilines is 2. The molecule has 3 aromatic rings. The number of sulfonamides is 1. The Morgan fingerprint density at radius 1 is 1.17 bits per heavy atom. The van der Waals surface area contributed by atoms with Crippen molar-refractivity contribution < 1.29 is 17.2 Å². The molecule has 150 valence electrons. The Morgan fingerprint density at radius 3 is 2.55 bits per heavy atom. The highest BCUT2D eigenvalue weighted by Crippen LogP contribution is 2.32. The molecular formula is C19H15ClF2N4O2S. The van der Waals surface area contributed by atoms with Crippen molar-refractivity contribution >= 4 is 43.9 Å². The molecule has 0 unspecified atom stereocenters. The van der Waals surface area contributed by atoms with Gasteiger partial charge in [0.2, 0.25) is 0 Å². The molecule has 2 aromatic carbocycles. The lowest BCUT2D eigenvalue weighted by Gasteiger charge is -2.17. The third-order valence-corrected chi connectivity index (χ3v) is 5.78. The number of pyridine rings is 1. The summed E-state index contributed by atoms with van der Waals surface area (Å²) in [6, 6.07) is 7.85. The smallest absolute Gasteiger partial charge is 0.264 e. The van der Waals surface area contributed by atoms with Crippen LogP contribution in [-0.2, 0) is 16.4 Å². The van der Waals surface area contributed by atoms with Crippen molar-refractivity contribution in [3.63, 3.8) is 0 Å². The zero-order valence-corrected chi connectivity index (χ0v) is 16.9. The lowest BCUT2D eigenvalue weighted by molar-refractivity contribution is 0.589. The van der Waals surface area contributed by atoms with Crippen molar-refractivity contribution in [3.8, 4) is 6.07 Å². The van der Waals surface area contributed by atoms with Crippen molar-refractivity contribution in [3.05, 3.63) is 58.7 Å². The quantitative estimate of drug-likeness (QED) is 0.650. The molecule has 0 bridgehead atoms. The predicted octanol–water partition coefficient (Wildman–Crippen LogP) is 4.10. The Morgan fingerprint density at radius 2 is 1.90 bits per heavy atom. The van der Waals surface area contributed by atoms with Gasteiger partial charge in [-0.25, -0.2) is 22.2 Å². The number of nitrogens with one attached hydrogen (secondary N) is 1. The topological polar surface area (TPSA) is 86.1 Å². The van der Waals surface area contributed by atoms with Gasteiger partial charge in [-0.05, 0) is 18.2 Å². The van der Waals surface area contributed by atoms with Crippen LogP contribution in [0.5, 0.6) is 0 Å². The predicted molar refractivity (Wildman–Crippen MR) is 108 cm³/mol. The number of hydrogen-bond acceptors (Lipinski definition) is 5. The SMILES string of the molecule is CN(C)c1ncc(S(=O)(=O)Nc2cc(F)c(CC#N)cc2F)c2ccc(Cl)cc12. The van der Waals surface area contributed by atoms with E-state index in [1.54, 1.807) is 31.1 Å². The maximum absolute atomic E-state index is 14.3. The number of nitrogens with zero attached hydrogens (tertiary/aromatic N) is 3. The van der Waals surface area contributed by atoms with E-state index in [0.29, 0.717) is 27.7 Å². The first kappa shape index (κ1) is 20.8. The molecule has 0 atom stereocenters. The van der Waals surface area contributed by atoms with Gasteiger partial charge in [0.05, 0.1) is 24.4 Å². The molecule has 10 heteroatoms. The van der Waals surface area contributed by atoms with Crippen molar-refractivity contribution in [1.82, 2.24) is 4.98 Å². The van der Waals surface area contributed by atoms with Crippen molar-refractivity contribution in [2.75, 3.05) is 23.7 Å². The van der Waals surface area contributed by atoms with Crippen LogP contribution in [0.4, 0.5) is 20.3 Å². The lowest BCUT2D eigenvalue weighted by atomic mass is 10.1. The number of aromatic nitrogens is 1. The number of hydrogen-bond donors (Lipinski definition) is 1. The van der Waals surface area contributed by atoms with Crippen LogP contribution >= 0.6 is 11.6 Å². The molecule has 0 spiro atoms. The maximum Gasteiger partial charge on any atom is 0.264 e. The van der Waals surface area contributed by atoms with Crippen LogP contribution in [0.25, 0.3) is 10.8 Å². The van der Waals surface area contributed by atoms with Gasteiger partial charge in [0.15, 0.2) is 0 Å². The average Bonchev–Trinajstić information content (AvgIpc) is 2.64. The second-order valence-electron chi connectivity index (χ2n) is 6.39. The molecule has 0 aliphatic carbocycles. The fraction of sp³-hybridized carbons (Fsp3) is 0.158. The first-order chi connectivity index (χ1) is 13.6. The third-order valence-electron chi connectivity index (χ3n) is 4.16. The van der Waals surface area contributed by atoms with Gasteiger partial charge in [0, 0.05) is 41.5 Å². The van der Waals surface area contributed by atoms with Crippen LogP contribution in [-0.4, -0.2) is 27.5 Å². The summed E-state index contributed by atoms with van der Waals surface area (Å²) in [4.78, 5) is 5.67. The number of nitriles is 1. The molecule has 0 aliphatic heterocycles. The maximum atomic E-state index is 14.3. The van der Waals surface area contributed by atoms with E-state index < -0.39 is 27.3 Å². The molecule has 0 radical (unpaired) electrons. The fourth-order valence-corrected chi connectivity index (χ4v) is 4.22. The molecule has 6 nitrogen and oxygen atoms in total. The monoisotopic (exact) mass is 436 g/mol.